The molecule has 0 aliphatic heterocycles. The Kier molecular flexibility index (Phi) is 31.0. The molecule has 3 rings (SSSR count). The van der Waals surface area contributed by atoms with E-state index in [1.54, 1.807) is 0 Å². The largest absolute Gasteiger partial charge is 0.633 e. The van der Waals surface area contributed by atoms with Crippen LogP contribution in [0.3, 0.4) is 0 Å². The third-order valence-electron chi connectivity index (χ3n) is 10.2. The number of rotatable bonds is 28. The van der Waals surface area contributed by atoms with Gasteiger partial charge >= 0.3 is 7.32 Å². The molecule has 5 nitrogen and oxygen atoms in total. The van der Waals surface area contributed by atoms with Gasteiger partial charge in [-0.05, 0) is 107 Å². The molecule has 0 saturated heterocycles. The van der Waals surface area contributed by atoms with Gasteiger partial charge in [0, 0.05) is 12.0 Å². The summed E-state index contributed by atoms with van der Waals surface area (Å²) >= 11 is 0. The fourth-order valence-electron chi connectivity index (χ4n) is 6.92. The molecule has 2 N–H and O–H groups in total. The number of nitrogens with zero attached hydrogens (tertiary/aromatic N) is 2. The van der Waals surface area contributed by atoms with Gasteiger partial charge in [0.15, 0.2) is 0 Å². The SMILES string of the molecule is CCCCN(CCCC)CCCC.CCCCN(CCCC)CCCC.OB(O)OCCCCCC(c1ccccc1)(c1ccccc1)c1ccccc1. The molecule has 0 heterocycles. The summed E-state index contributed by atoms with van der Waals surface area (Å²) in [6, 6.07) is 32.1. The third-order valence-corrected chi connectivity index (χ3v) is 10.2. The van der Waals surface area contributed by atoms with Gasteiger partial charge in [-0.3, -0.25) is 0 Å². The van der Waals surface area contributed by atoms with Gasteiger partial charge in [-0.25, -0.2) is 0 Å². The van der Waals surface area contributed by atoms with Crippen molar-refractivity contribution in [1.29, 1.82) is 0 Å². The Balaban J connectivity index is 0.000000470. The van der Waals surface area contributed by atoms with E-state index in [9.17, 15) is 0 Å². The van der Waals surface area contributed by atoms with Crippen LogP contribution < -0.4 is 0 Å². The second-order valence-corrected chi connectivity index (χ2v) is 14.8. The van der Waals surface area contributed by atoms with E-state index < -0.39 is 7.32 Å². The van der Waals surface area contributed by atoms with Crippen molar-refractivity contribution < 1.29 is 14.7 Å². The normalized spacial score (nSPS) is 11.2. The molecule has 0 fully saturated rings. The third kappa shape index (κ3) is 21.6. The summed E-state index contributed by atoms with van der Waals surface area (Å²) in [7, 11) is -1.68. The standard InChI is InChI=1S/C24H27BO3.2C12H27N/c26-25(27)28-20-12-4-11-19-24(21-13-5-1-6-14-21,22-15-7-2-8-16-22)23-17-9-3-10-18-23;2*1-4-7-10-13(11-8-5-2)12-9-6-3/h1-3,5-10,13-18,26-27H,4,11-12,19-20H2;2*4-12H2,1-3H3. The minimum absolute atomic E-state index is 0.221. The maximum atomic E-state index is 8.82. The van der Waals surface area contributed by atoms with Crippen LogP contribution in [-0.2, 0) is 10.1 Å². The lowest BCUT2D eigenvalue weighted by Crippen LogP contribution is -2.29. The lowest BCUT2D eigenvalue weighted by Gasteiger charge is -2.36. The van der Waals surface area contributed by atoms with E-state index in [-0.39, 0.29) is 5.41 Å². The number of hydrogen-bond acceptors (Lipinski definition) is 5. The molecule has 0 aliphatic rings. The molecule has 0 aliphatic carbocycles. The molecule has 0 atom stereocenters. The Hall–Kier alpha value is -2.48. The first-order valence-electron chi connectivity index (χ1n) is 22.0. The van der Waals surface area contributed by atoms with Crippen molar-refractivity contribution in [1.82, 2.24) is 9.80 Å². The van der Waals surface area contributed by atoms with Crippen LogP contribution in [0.5, 0.6) is 0 Å². The average Bonchev–Trinajstić information content (AvgIpc) is 3.21. The zero-order chi connectivity index (χ0) is 39.5. The fourth-order valence-corrected chi connectivity index (χ4v) is 6.92. The van der Waals surface area contributed by atoms with Gasteiger partial charge in [0.2, 0.25) is 0 Å². The highest BCUT2D eigenvalue weighted by Gasteiger charge is 2.35. The molecule has 0 unspecified atom stereocenters. The highest BCUT2D eigenvalue weighted by Crippen LogP contribution is 2.43. The molecule has 0 saturated carbocycles. The molecular formula is C48H81BN2O3. The number of hydrogen-bond donors (Lipinski definition) is 2. The van der Waals surface area contributed by atoms with Crippen LogP contribution in [0.1, 0.15) is 161 Å². The van der Waals surface area contributed by atoms with Gasteiger partial charge in [0.05, 0.1) is 0 Å². The fraction of sp³-hybridized carbons (Fsp3) is 0.625. The van der Waals surface area contributed by atoms with Gasteiger partial charge in [-0.15, -0.1) is 0 Å². The van der Waals surface area contributed by atoms with Gasteiger partial charge < -0.3 is 24.5 Å². The summed E-state index contributed by atoms with van der Waals surface area (Å²) in [6.45, 7) is 21.9. The molecule has 3 aromatic rings. The zero-order valence-electron chi connectivity index (χ0n) is 35.7. The quantitative estimate of drug-likeness (QED) is 0.0440. The van der Waals surface area contributed by atoms with E-state index >= 15 is 0 Å². The van der Waals surface area contributed by atoms with E-state index in [1.807, 2.05) is 0 Å². The van der Waals surface area contributed by atoms with Gasteiger partial charge in [0.1, 0.15) is 0 Å². The maximum absolute atomic E-state index is 8.82. The van der Waals surface area contributed by atoms with Crippen molar-refractivity contribution in [2.24, 2.45) is 0 Å². The van der Waals surface area contributed by atoms with Crippen LogP contribution in [-0.4, -0.2) is 73.0 Å². The van der Waals surface area contributed by atoms with Crippen LogP contribution in [0.15, 0.2) is 91.0 Å². The molecule has 0 amide bonds. The molecule has 0 bridgehead atoms. The van der Waals surface area contributed by atoms with Crippen LogP contribution in [0, 0.1) is 0 Å². The predicted octanol–water partition coefficient (Wildman–Crippen LogP) is 11.9. The molecule has 6 heteroatoms. The van der Waals surface area contributed by atoms with E-state index in [4.69, 9.17) is 14.7 Å². The molecule has 0 spiro atoms. The first kappa shape index (κ1) is 49.5. The second kappa shape index (κ2) is 33.8. The smallest absolute Gasteiger partial charge is 0.402 e. The summed E-state index contributed by atoms with van der Waals surface area (Å²) in [5.41, 5.74) is 3.64. The predicted molar refractivity (Wildman–Crippen MR) is 236 cm³/mol. The Labute approximate surface area is 334 Å². The van der Waals surface area contributed by atoms with Gasteiger partial charge in [-0.1, -0.05) is 184 Å². The van der Waals surface area contributed by atoms with Crippen molar-refractivity contribution in [2.75, 3.05) is 45.9 Å². The van der Waals surface area contributed by atoms with Crippen molar-refractivity contribution in [2.45, 2.75) is 150 Å². The summed E-state index contributed by atoms with van der Waals surface area (Å²) in [5.74, 6) is 0. The lowest BCUT2D eigenvalue weighted by atomic mass is 9.66. The van der Waals surface area contributed by atoms with Crippen molar-refractivity contribution in [3.63, 3.8) is 0 Å². The first-order valence-corrected chi connectivity index (χ1v) is 22.0. The minimum Gasteiger partial charge on any atom is -0.402 e. The van der Waals surface area contributed by atoms with Gasteiger partial charge in [-0.2, -0.15) is 0 Å². The number of benzene rings is 3. The molecule has 54 heavy (non-hydrogen) atoms. The second-order valence-electron chi connectivity index (χ2n) is 14.8. The van der Waals surface area contributed by atoms with Crippen molar-refractivity contribution >= 4 is 7.32 Å². The average molecular weight is 745 g/mol. The highest BCUT2D eigenvalue weighted by atomic mass is 16.6. The number of unbranched alkanes of at least 4 members (excludes halogenated alkanes) is 8. The summed E-state index contributed by atoms with van der Waals surface area (Å²) in [4.78, 5) is 5.27. The van der Waals surface area contributed by atoms with Gasteiger partial charge in [0.25, 0.3) is 0 Å². The summed E-state index contributed by atoms with van der Waals surface area (Å²) in [5, 5.41) is 17.6. The van der Waals surface area contributed by atoms with E-state index in [1.165, 1.54) is 133 Å². The maximum Gasteiger partial charge on any atom is 0.633 e. The van der Waals surface area contributed by atoms with Crippen LogP contribution in [0.2, 0.25) is 0 Å². The molecule has 0 aromatic heterocycles. The van der Waals surface area contributed by atoms with Crippen molar-refractivity contribution in [3.05, 3.63) is 108 Å². The summed E-state index contributed by atoms with van der Waals surface area (Å²) < 4.78 is 4.84. The molecule has 304 valence electrons. The Bertz CT molecular complexity index is 1040. The van der Waals surface area contributed by atoms with E-state index in [2.05, 4.69) is 142 Å². The molecular weight excluding hydrogens is 663 g/mol. The van der Waals surface area contributed by atoms with Crippen molar-refractivity contribution in [3.8, 4) is 0 Å². The Morgan fingerprint density at radius 1 is 0.426 bits per heavy atom. The minimum atomic E-state index is -1.68. The lowest BCUT2D eigenvalue weighted by molar-refractivity contribution is 0.181. The van der Waals surface area contributed by atoms with Crippen LogP contribution in [0.25, 0.3) is 0 Å². The van der Waals surface area contributed by atoms with Crippen LogP contribution >= 0.6 is 0 Å². The topological polar surface area (TPSA) is 56.2 Å². The zero-order valence-corrected chi connectivity index (χ0v) is 35.7. The monoisotopic (exact) mass is 745 g/mol. The summed E-state index contributed by atoms with van der Waals surface area (Å²) in [6.07, 6.45) is 19.9. The molecule has 0 radical (unpaired) electrons. The van der Waals surface area contributed by atoms with E-state index in [0.29, 0.717) is 6.61 Å². The van der Waals surface area contributed by atoms with E-state index in [0.717, 1.165) is 25.7 Å². The highest BCUT2D eigenvalue weighted by molar-refractivity contribution is 6.32. The Morgan fingerprint density at radius 2 is 0.722 bits per heavy atom. The Morgan fingerprint density at radius 3 is 0.981 bits per heavy atom. The first-order chi connectivity index (χ1) is 26.4. The van der Waals surface area contributed by atoms with Crippen LogP contribution in [0.4, 0.5) is 0 Å². The molecule has 3 aromatic carbocycles.